The van der Waals surface area contributed by atoms with E-state index in [4.69, 9.17) is 9.47 Å². The van der Waals surface area contributed by atoms with Crippen molar-refractivity contribution in [1.29, 1.82) is 0 Å². The topological polar surface area (TPSA) is 95.4 Å². The molecule has 4 aromatic rings. The van der Waals surface area contributed by atoms with Gasteiger partial charge in [0.2, 0.25) is 17.7 Å². The number of pyridine rings is 1. The second-order valence-corrected chi connectivity index (χ2v) is 11.3. The lowest BCUT2D eigenvalue weighted by Gasteiger charge is -2.42. The lowest BCUT2D eigenvalue weighted by molar-refractivity contribution is -0.138. The number of anilines is 1. The number of piperidine rings is 1. The Labute approximate surface area is 265 Å². The van der Waals surface area contributed by atoms with Crippen LogP contribution in [0.15, 0.2) is 84.9 Å². The molecule has 6 rings (SSSR count). The van der Waals surface area contributed by atoms with Gasteiger partial charge in [-0.1, -0.05) is 60.7 Å². The van der Waals surface area contributed by atoms with Gasteiger partial charge in [0.1, 0.15) is 31.4 Å². The summed E-state index contributed by atoms with van der Waals surface area (Å²) < 4.78 is 43.5. The quantitative estimate of drug-likeness (QED) is 0.244. The van der Waals surface area contributed by atoms with Crippen LogP contribution in [0.3, 0.4) is 0 Å². The van der Waals surface area contributed by atoms with Gasteiger partial charge in [-0.15, -0.1) is 0 Å². The first kappa shape index (κ1) is 30.8. The standard InChI is InChI=1S/C35H34F2N4O5/c36-29-19-27(39-15-13-26(14-16-39)41-18-17-40(35(43)44)21-32(41)42)20-30(37)33(29)28-11-12-31(45-22-24-7-3-1-4-8-24)38-34(28)46-23-25-9-5-2-6-10-25/h1-12,19-20,26H,13-18,21-23H2,(H,43,44). The fraction of sp³-hybridized carbons (Fsp3) is 0.286. The van der Waals surface area contributed by atoms with E-state index in [1.54, 1.807) is 17.0 Å². The molecule has 0 saturated carbocycles. The number of amides is 2. The first-order chi connectivity index (χ1) is 22.4. The summed E-state index contributed by atoms with van der Waals surface area (Å²) in [5.74, 6) is -1.40. The van der Waals surface area contributed by atoms with Crippen LogP contribution in [-0.4, -0.2) is 70.7 Å². The molecule has 2 aliphatic heterocycles. The minimum absolute atomic E-state index is 0.0494. The van der Waals surface area contributed by atoms with Gasteiger partial charge in [0.05, 0.1) is 11.1 Å². The zero-order valence-electron chi connectivity index (χ0n) is 25.1. The van der Waals surface area contributed by atoms with Crippen LogP contribution < -0.4 is 14.4 Å². The highest BCUT2D eigenvalue weighted by Gasteiger charge is 2.34. The summed E-state index contributed by atoms with van der Waals surface area (Å²) in [4.78, 5) is 33.0. The number of aromatic nitrogens is 1. The van der Waals surface area contributed by atoms with Crippen LogP contribution >= 0.6 is 0 Å². The van der Waals surface area contributed by atoms with E-state index in [9.17, 15) is 14.7 Å². The van der Waals surface area contributed by atoms with Crippen molar-refractivity contribution in [3.8, 4) is 22.9 Å². The number of halogens is 2. The molecule has 0 unspecified atom stereocenters. The molecule has 46 heavy (non-hydrogen) atoms. The number of nitrogens with zero attached hydrogens (tertiary/aromatic N) is 4. The van der Waals surface area contributed by atoms with Crippen LogP contribution in [0.4, 0.5) is 19.3 Å². The highest BCUT2D eigenvalue weighted by Crippen LogP contribution is 2.37. The van der Waals surface area contributed by atoms with E-state index in [2.05, 4.69) is 4.98 Å². The van der Waals surface area contributed by atoms with Crippen molar-refractivity contribution in [2.24, 2.45) is 0 Å². The number of piperazine rings is 1. The molecular formula is C35H34F2N4O5. The zero-order chi connectivity index (χ0) is 32.0. The summed E-state index contributed by atoms with van der Waals surface area (Å²) in [7, 11) is 0. The Morgan fingerprint density at radius 3 is 2.02 bits per heavy atom. The number of carbonyl (C=O) groups is 2. The molecule has 2 amide bonds. The van der Waals surface area contributed by atoms with Gasteiger partial charge in [0, 0.05) is 44.0 Å². The Morgan fingerprint density at radius 2 is 1.43 bits per heavy atom. The van der Waals surface area contributed by atoms with Gasteiger partial charge in [-0.3, -0.25) is 9.69 Å². The molecular weight excluding hydrogens is 594 g/mol. The molecule has 0 bridgehead atoms. The first-order valence-electron chi connectivity index (χ1n) is 15.2. The second kappa shape index (κ2) is 13.8. The molecule has 9 nitrogen and oxygen atoms in total. The molecule has 2 aliphatic rings. The molecule has 0 spiro atoms. The third kappa shape index (κ3) is 7.03. The molecule has 2 fully saturated rings. The van der Waals surface area contributed by atoms with Crippen LogP contribution in [0.1, 0.15) is 24.0 Å². The van der Waals surface area contributed by atoms with E-state index >= 15 is 8.78 Å². The molecule has 1 aromatic heterocycles. The zero-order valence-corrected chi connectivity index (χ0v) is 25.1. The molecule has 11 heteroatoms. The minimum Gasteiger partial charge on any atom is -0.473 e. The van der Waals surface area contributed by atoms with E-state index in [1.807, 2.05) is 65.6 Å². The predicted molar refractivity (Wildman–Crippen MR) is 168 cm³/mol. The molecule has 0 aliphatic carbocycles. The van der Waals surface area contributed by atoms with E-state index < -0.39 is 17.7 Å². The summed E-state index contributed by atoms with van der Waals surface area (Å²) in [6.45, 7) is 1.86. The molecule has 2 saturated heterocycles. The van der Waals surface area contributed by atoms with Gasteiger partial charge in [-0.2, -0.15) is 4.98 Å². The predicted octanol–water partition coefficient (Wildman–Crippen LogP) is 5.98. The summed E-state index contributed by atoms with van der Waals surface area (Å²) in [5.41, 5.74) is 2.15. The number of hydrogen-bond acceptors (Lipinski definition) is 6. The van der Waals surface area contributed by atoms with Gasteiger partial charge in [0.25, 0.3) is 0 Å². The van der Waals surface area contributed by atoms with Crippen LogP contribution in [0, 0.1) is 11.6 Å². The largest absolute Gasteiger partial charge is 0.473 e. The van der Waals surface area contributed by atoms with Crippen LogP contribution in [0.2, 0.25) is 0 Å². The molecule has 3 aromatic carbocycles. The lowest BCUT2D eigenvalue weighted by Crippen LogP contribution is -2.57. The molecule has 1 N–H and O–H groups in total. The lowest BCUT2D eigenvalue weighted by atomic mass is 10.00. The summed E-state index contributed by atoms with van der Waals surface area (Å²) >= 11 is 0. The maximum Gasteiger partial charge on any atom is 0.407 e. The highest BCUT2D eigenvalue weighted by molar-refractivity contribution is 5.83. The van der Waals surface area contributed by atoms with Gasteiger partial charge >= 0.3 is 6.09 Å². The van der Waals surface area contributed by atoms with E-state index in [1.165, 1.54) is 12.1 Å². The fourth-order valence-corrected chi connectivity index (χ4v) is 5.93. The highest BCUT2D eigenvalue weighted by atomic mass is 19.1. The molecule has 0 atom stereocenters. The Bertz CT molecular complexity index is 1660. The number of rotatable bonds is 9. The van der Waals surface area contributed by atoms with Crippen molar-refractivity contribution in [3.05, 3.63) is 108 Å². The van der Waals surface area contributed by atoms with Crippen molar-refractivity contribution in [2.75, 3.05) is 37.6 Å². The SMILES string of the molecule is O=C(O)N1CCN(C2CCN(c3cc(F)c(-c4ccc(OCc5ccccc5)nc4OCc4ccccc4)c(F)c3)CC2)C(=O)C1. The smallest absolute Gasteiger partial charge is 0.407 e. The fourth-order valence-electron chi connectivity index (χ4n) is 5.93. The summed E-state index contributed by atoms with van der Waals surface area (Å²) in [5, 5.41) is 9.18. The van der Waals surface area contributed by atoms with Crippen LogP contribution in [-0.2, 0) is 18.0 Å². The number of ether oxygens (including phenoxy) is 2. The van der Waals surface area contributed by atoms with Gasteiger partial charge in [-0.05, 0) is 42.2 Å². The van der Waals surface area contributed by atoms with Gasteiger partial charge < -0.3 is 24.4 Å². The average Bonchev–Trinajstić information content (AvgIpc) is 3.07. The Morgan fingerprint density at radius 1 is 0.826 bits per heavy atom. The van der Waals surface area contributed by atoms with Crippen LogP contribution in [0.5, 0.6) is 11.8 Å². The number of benzene rings is 3. The van der Waals surface area contributed by atoms with Crippen molar-refractivity contribution < 1.29 is 33.0 Å². The van der Waals surface area contributed by atoms with E-state index in [-0.39, 0.29) is 61.1 Å². The maximum absolute atomic E-state index is 15.8. The van der Waals surface area contributed by atoms with E-state index in [0.29, 0.717) is 38.2 Å². The van der Waals surface area contributed by atoms with Crippen molar-refractivity contribution in [2.45, 2.75) is 32.1 Å². The number of carbonyl (C=O) groups excluding carboxylic acids is 1. The summed E-state index contributed by atoms with van der Waals surface area (Å²) in [6, 6.07) is 24.7. The molecule has 0 radical (unpaired) electrons. The third-order valence-corrected chi connectivity index (χ3v) is 8.38. The molecule has 3 heterocycles. The van der Waals surface area contributed by atoms with Crippen molar-refractivity contribution in [3.63, 3.8) is 0 Å². The van der Waals surface area contributed by atoms with Crippen LogP contribution in [0.25, 0.3) is 11.1 Å². The Kier molecular flexibility index (Phi) is 9.28. The molecule has 238 valence electrons. The average molecular weight is 629 g/mol. The monoisotopic (exact) mass is 628 g/mol. The van der Waals surface area contributed by atoms with Crippen molar-refractivity contribution in [1.82, 2.24) is 14.8 Å². The second-order valence-electron chi connectivity index (χ2n) is 11.3. The number of carboxylic acid groups (broad SMARTS) is 1. The summed E-state index contributed by atoms with van der Waals surface area (Å²) in [6.07, 6.45) is 0.110. The number of hydrogen-bond donors (Lipinski definition) is 1. The maximum atomic E-state index is 15.8. The van der Waals surface area contributed by atoms with Gasteiger partial charge in [0.15, 0.2) is 0 Å². The Balaban J connectivity index is 1.19. The van der Waals surface area contributed by atoms with E-state index in [0.717, 1.165) is 16.0 Å². The third-order valence-electron chi connectivity index (χ3n) is 8.38. The first-order valence-corrected chi connectivity index (χ1v) is 15.2. The Hall–Kier alpha value is -5.19. The van der Waals surface area contributed by atoms with Gasteiger partial charge in [-0.25, -0.2) is 13.6 Å². The minimum atomic E-state index is -1.10. The normalized spacial score (nSPS) is 15.6. The van der Waals surface area contributed by atoms with Crippen molar-refractivity contribution >= 4 is 17.7 Å².